The van der Waals surface area contributed by atoms with Gasteiger partial charge < -0.3 is 9.64 Å². The third-order valence-electron chi connectivity index (χ3n) is 3.35. The maximum Gasteiger partial charge on any atom is 0.308 e. The van der Waals surface area contributed by atoms with Crippen molar-refractivity contribution in [3.05, 3.63) is 29.8 Å². The van der Waals surface area contributed by atoms with Gasteiger partial charge in [-0.05, 0) is 26.0 Å². The van der Waals surface area contributed by atoms with Crippen molar-refractivity contribution in [2.75, 3.05) is 0 Å². The Morgan fingerprint density at radius 3 is 2.95 bits per heavy atom. The number of esters is 1. The summed E-state index contributed by atoms with van der Waals surface area (Å²) in [5, 5.41) is 4.09. The highest BCUT2D eigenvalue weighted by molar-refractivity contribution is 6.14. The second-order valence-corrected chi connectivity index (χ2v) is 5.34. The molecule has 22 heavy (non-hydrogen) atoms. The van der Waals surface area contributed by atoms with E-state index in [2.05, 4.69) is 15.5 Å². The fourth-order valence-corrected chi connectivity index (χ4v) is 2.41. The summed E-state index contributed by atoms with van der Waals surface area (Å²) in [5.74, 6) is -0.202. The summed E-state index contributed by atoms with van der Waals surface area (Å²) in [6.07, 6.45) is 1.26. The van der Waals surface area contributed by atoms with Gasteiger partial charge in [0.2, 0.25) is 0 Å². The second kappa shape index (κ2) is 5.59. The second-order valence-electron chi connectivity index (χ2n) is 5.34. The van der Waals surface area contributed by atoms with Gasteiger partial charge >= 0.3 is 5.97 Å². The van der Waals surface area contributed by atoms with Gasteiger partial charge in [0.05, 0.1) is 24.6 Å². The quantitative estimate of drug-likeness (QED) is 0.849. The molecule has 7 nitrogen and oxygen atoms in total. The van der Waals surface area contributed by atoms with Gasteiger partial charge in [-0.15, -0.1) is 0 Å². The predicted molar refractivity (Wildman–Crippen MR) is 80.7 cm³/mol. The number of para-hydroxylation sites is 1. The molecule has 114 valence electrons. The SMILES string of the molecule is CC(C)OC(=O)CC1C(=O)NN=C2c3ccccc3N=CN21. The molecule has 1 amide bonds. The number of amides is 1. The van der Waals surface area contributed by atoms with Crippen LogP contribution < -0.4 is 5.43 Å². The minimum Gasteiger partial charge on any atom is -0.463 e. The van der Waals surface area contributed by atoms with Crippen molar-refractivity contribution in [2.24, 2.45) is 10.1 Å². The normalized spacial score (nSPS) is 19.2. The van der Waals surface area contributed by atoms with Gasteiger partial charge in [0.15, 0.2) is 5.84 Å². The number of amidine groups is 1. The van der Waals surface area contributed by atoms with Crippen molar-refractivity contribution < 1.29 is 14.3 Å². The Labute approximate surface area is 127 Å². The number of ether oxygens (including phenoxy) is 1. The van der Waals surface area contributed by atoms with Gasteiger partial charge in [-0.3, -0.25) is 9.59 Å². The summed E-state index contributed by atoms with van der Waals surface area (Å²) >= 11 is 0. The predicted octanol–water partition coefficient (Wildman–Crippen LogP) is 1.16. The first kappa shape index (κ1) is 14.2. The molecule has 0 saturated carbocycles. The fraction of sp³-hybridized carbons (Fsp3) is 0.333. The number of aliphatic imine (C=N–C) groups is 1. The molecule has 2 heterocycles. The van der Waals surface area contributed by atoms with Crippen LogP contribution >= 0.6 is 0 Å². The Morgan fingerprint density at radius 2 is 2.18 bits per heavy atom. The van der Waals surface area contributed by atoms with Crippen molar-refractivity contribution in [2.45, 2.75) is 32.4 Å². The highest BCUT2D eigenvalue weighted by atomic mass is 16.5. The van der Waals surface area contributed by atoms with Crippen LogP contribution in [-0.2, 0) is 14.3 Å². The third kappa shape index (κ3) is 2.57. The number of fused-ring (bicyclic) bond motifs is 3. The van der Waals surface area contributed by atoms with E-state index in [1.165, 1.54) is 6.34 Å². The molecule has 1 unspecified atom stereocenters. The summed E-state index contributed by atoms with van der Waals surface area (Å²) < 4.78 is 5.12. The van der Waals surface area contributed by atoms with Crippen molar-refractivity contribution in [3.8, 4) is 0 Å². The topological polar surface area (TPSA) is 83.4 Å². The lowest BCUT2D eigenvalue weighted by Crippen LogP contribution is -2.54. The zero-order valence-corrected chi connectivity index (χ0v) is 12.3. The number of carbonyl (C=O) groups excluding carboxylic acids is 2. The van der Waals surface area contributed by atoms with Crippen molar-refractivity contribution in [1.82, 2.24) is 10.3 Å². The monoisotopic (exact) mass is 300 g/mol. The van der Waals surface area contributed by atoms with Crippen LogP contribution in [0.3, 0.4) is 0 Å². The summed E-state index contributed by atoms with van der Waals surface area (Å²) in [7, 11) is 0. The van der Waals surface area contributed by atoms with Crippen molar-refractivity contribution >= 4 is 29.7 Å². The molecule has 0 spiro atoms. The molecule has 0 saturated heterocycles. The summed E-state index contributed by atoms with van der Waals surface area (Å²) in [6, 6.07) is 6.78. The number of hydrogen-bond donors (Lipinski definition) is 1. The van der Waals surface area contributed by atoms with Gasteiger partial charge in [0.25, 0.3) is 5.91 Å². The Balaban J connectivity index is 1.87. The Hall–Kier alpha value is -2.70. The molecule has 3 rings (SSSR count). The van der Waals surface area contributed by atoms with Crippen LogP contribution in [0.15, 0.2) is 34.4 Å². The average molecular weight is 300 g/mol. The summed E-state index contributed by atoms with van der Waals surface area (Å²) in [6.45, 7) is 3.54. The number of hydrogen-bond acceptors (Lipinski definition) is 6. The van der Waals surface area contributed by atoms with E-state index in [-0.39, 0.29) is 18.4 Å². The first-order valence-corrected chi connectivity index (χ1v) is 7.05. The van der Waals surface area contributed by atoms with Crippen LogP contribution in [0.1, 0.15) is 25.8 Å². The number of nitrogens with zero attached hydrogens (tertiary/aromatic N) is 3. The fourth-order valence-electron chi connectivity index (χ4n) is 2.41. The molecule has 2 aliphatic rings. The van der Waals surface area contributed by atoms with Gasteiger partial charge in [0.1, 0.15) is 6.04 Å². The number of rotatable bonds is 3. The Bertz CT molecular complexity index is 681. The average Bonchev–Trinajstić information content (AvgIpc) is 2.49. The molecule has 0 aliphatic carbocycles. The molecule has 2 aliphatic heterocycles. The lowest BCUT2D eigenvalue weighted by molar-refractivity contribution is -0.150. The summed E-state index contributed by atoms with van der Waals surface area (Å²) in [4.78, 5) is 29.9. The van der Waals surface area contributed by atoms with E-state index < -0.39 is 12.0 Å². The highest BCUT2D eigenvalue weighted by Crippen LogP contribution is 2.27. The van der Waals surface area contributed by atoms with Crippen molar-refractivity contribution in [1.29, 1.82) is 0 Å². The zero-order chi connectivity index (χ0) is 15.7. The number of carbonyl (C=O) groups is 2. The lowest BCUT2D eigenvalue weighted by atomic mass is 10.1. The van der Waals surface area contributed by atoms with Gasteiger partial charge in [0, 0.05) is 5.56 Å². The molecule has 0 fully saturated rings. The minimum atomic E-state index is -0.712. The van der Waals surface area contributed by atoms with E-state index in [9.17, 15) is 9.59 Å². The van der Waals surface area contributed by atoms with Crippen LogP contribution in [0.25, 0.3) is 0 Å². The van der Waals surface area contributed by atoms with E-state index in [0.717, 1.165) is 11.3 Å². The van der Waals surface area contributed by atoms with E-state index >= 15 is 0 Å². The molecular weight excluding hydrogens is 284 g/mol. The lowest BCUT2D eigenvalue weighted by Gasteiger charge is -2.34. The molecular formula is C15H16N4O3. The van der Waals surface area contributed by atoms with Gasteiger partial charge in [-0.1, -0.05) is 12.1 Å². The molecule has 0 radical (unpaired) electrons. The van der Waals surface area contributed by atoms with Crippen LogP contribution in [0.2, 0.25) is 0 Å². The van der Waals surface area contributed by atoms with E-state index in [4.69, 9.17) is 4.74 Å². The van der Waals surface area contributed by atoms with Gasteiger partial charge in [-0.2, -0.15) is 5.10 Å². The molecule has 0 aromatic heterocycles. The standard InChI is InChI=1S/C15H16N4O3/c1-9(2)22-13(20)7-12-15(21)18-17-14-10-5-3-4-6-11(10)16-8-19(12)14/h3-6,8-9,12H,7H2,1-2H3,(H,18,21). The third-order valence-corrected chi connectivity index (χ3v) is 3.35. The minimum absolute atomic E-state index is 0.0583. The smallest absolute Gasteiger partial charge is 0.308 e. The Kier molecular flexibility index (Phi) is 3.62. The molecule has 1 aromatic rings. The van der Waals surface area contributed by atoms with Crippen molar-refractivity contribution in [3.63, 3.8) is 0 Å². The molecule has 7 heteroatoms. The molecule has 0 bridgehead atoms. The number of nitrogens with one attached hydrogen (secondary N) is 1. The number of hydrazone groups is 1. The first-order valence-electron chi connectivity index (χ1n) is 7.05. The molecule has 1 N–H and O–H groups in total. The number of benzene rings is 1. The van der Waals surface area contributed by atoms with Crippen LogP contribution in [-0.4, -0.2) is 41.1 Å². The highest BCUT2D eigenvalue weighted by Gasteiger charge is 2.36. The molecule has 1 aromatic carbocycles. The maximum absolute atomic E-state index is 12.1. The van der Waals surface area contributed by atoms with E-state index in [0.29, 0.717) is 5.84 Å². The Morgan fingerprint density at radius 1 is 1.41 bits per heavy atom. The largest absolute Gasteiger partial charge is 0.463 e. The van der Waals surface area contributed by atoms with Crippen LogP contribution in [0.4, 0.5) is 5.69 Å². The van der Waals surface area contributed by atoms with Crippen LogP contribution in [0.5, 0.6) is 0 Å². The molecule has 1 atom stereocenters. The first-order chi connectivity index (χ1) is 10.6. The van der Waals surface area contributed by atoms with E-state index in [1.807, 2.05) is 24.3 Å². The maximum atomic E-state index is 12.1. The van der Waals surface area contributed by atoms with Crippen LogP contribution in [0, 0.1) is 0 Å². The van der Waals surface area contributed by atoms with E-state index in [1.54, 1.807) is 18.7 Å². The van der Waals surface area contributed by atoms with Gasteiger partial charge in [-0.25, -0.2) is 10.4 Å². The zero-order valence-electron chi connectivity index (χ0n) is 12.3. The summed E-state index contributed by atoms with van der Waals surface area (Å²) in [5.41, 5.74) is 4.06.